The van der Waals surface area contributed by atoms with Crippen molar-refractivity contribution in [1.82, 2.24) is 15.0 Å². The lowest BCUT2D eigenvalue weighted by molar-refractivity contribution is -0.145. The van der Waals surface area contributed by atoms with Gasteiger partial charge in [0.15, 0.2) is 16.6 Å². The quantitative estimate of drug-likeness (QED) is 0.531. The number of rotatable bonds is 7. The first-order valence-electron chi connectivity index (χ1n) is 9.93. The topological polar surface area (TPSA) is 68.2 Å². The van der Waals surface area contributed by atoms with E-state index in [-0.39, 0.29) is 29.8 Å². The first-order valence-corrected chi connectivity index (χ1v) is 10.8. The molecule has 1 saturated heterocycles. The predicted octanol–water partition coefficient (Wildman–Crippen LogP) is 4.42. The number of hydrogen-bond acceptors (Lipinski definition) is 7. The van der Waals surface area contributed by atoms with Crippen molar-refractivity contribution in [3.05, 3.63) is 47.4 Å². The van der Waals surface area contributed by atoms with Crippen molar-refractivity contribution in [1.29, 1.82) is 0 Å². The van der Waals surface area contributed by atoms with Gasteiger partial charge in [-0.15, -0.1) is 0 Å². The van der Waals surface area contributed by atoms with Crippen molar-refractivity contribution in [2.24, 2.45) is 0 Å². The lowest BCUT2D eigenvalue weighted by Crippen LogP contribution is -2.36. The van der Waals surface area contributed by atoms with Gasteiger partial charge in [-0.2, -0.15) is 18.2 Å². The highest BCUT2D eigenvalue weighted by Gasteiger charge is 2.37. The van der Waals surface area contributed by atoms with E-state index in [4.69, 9.17) is 4.74 Å². The Kier molecular flexibility index (Phi) is 6.19. The van der Waals surface area contributed by atoms with Gasteiger partial charge in [-0.3, -0.25) is 4.79 Å². The zero-order chi connectivity index (χ0) is 22.0. The number of alkyl halides is 3. The van der Waals surface area contributed by atoms with Gasteiger partial charge >= 0.3 is 6.18 Å². The number of hydrogen-bond donors (Lipinski definition) is 0. The number of carbonyl (C=O) groups excluding carboxylic acids is 1. The van der Waals surface area contributed by atoms with Crippen molar-refractivity contribution < 1.29 is 22.7 Å². The molecule has 1 atom stereocenters. The van der Waals surface area contributed by atoms with Crippen LogP contribution in [-0.2, 0) is 28.7 Å². The van der Waals surface area contributed by atoms with E-state index in [0.29, 0.717) is 35.6 Å². The number of methoxy groups -OCH3 is 1. The number of aromatic nitrogens is 3. The summed E-state index contributed by atoms with van der Waals surface area (Å²) in [6.07, 6.45) is -2.09. The number of carbonyl (C=O) groups is 1. The molecule has 31 heavy (non-hydrogen) atoms. The van der Waals surface area contributed by atoms with Gasteiger partial charge in [-0.25, -0.2) is 9.97 Å². The number of nitrogens with zero attached hydrogens (tertiary/aromatic N) is 4. The van der Waals surface area contributed by atoms with Crippen molar-refractivity contribution in [3.63, 3.8) is 0 Å². The number of halogens is 3. The molecule has 0 unspecified atom stereocenters. The van der Waals surface area contributed by atoms with E-state index in [1.54, 1.807) is 0 Å². The molecule has 10 heteroatoms. The van der Waals surface area contributed by atoms with Crippen LogP contribution >= 0.6 is 11.3 Å². The molecule has 0 aliphatic carbocycles. The van der Waals surface area contributed by atoms with Crippen LogP contribution in [0.3, 0.4) is 0 Å². The van der Waals surface area contributed by atoms with E-state index in [1.165, 1.54) is 18.4 Å². The maximum absolute atomic E-state index is 13.2. The number of Topliss-reactive ketones (excluding diaryl/α,β-unsaturated/α-hetero) is 1. The van der Waals surface area contributed by atoms with Crippen LogP contribution in [0.4, 0.5) is 18.3 Å². The van der Waals surface area contributed by atoms with Crippen LogP contribution in [0.5, 0.6) is 0 Å². The summed E-state index contributed by atoms with van der Waals surface area (Å²) in [4.78, 5) is 26.4. The summed E-state index contributed by atoms with van der Waals surface area (Å²) in [5, 5.41) is 0.497. The molecule has 1 aromatic carbocycles. The van der Waals surface area contributed by atoms with Crippen LogP contribution in [-0.4, -0.2) is 40.4 Å². The smallest absolute Gasteiger partial charge is 0.378 e. The Morgan fingerprint density at radius 1 is 1.23 bits per heavy atom. The van der Waals surface area contributed by atoms with Gasteiger partial charge in [0.2, 0.25) is 5.82 Å². The zero-order valence-electron chi connectivity index (χ0n) is 16.9. The molecular weight excluding hydrogens is 429 g/mol. The maximum Gasteiger partial charge on any atom is 0.451 e. The van der Waals surface area contributed by atoms with Gasteiger partial charge < -0.3 is 9.64 Å². The second kappa shape index (κ2) is 8.88. The monoisotopic (exact) mass is 450 g/mol. The Hall–Kier alpha value is -2.59. The first-order chi connectivity index (χ1) is 14.9. The predicted molar refractivity (Wildman–Crippen MR) is 111 cm³/mol. The second-order valence-electron chi connectivity index (χ2n) is 7.38. The lowest BCUT2D eigenvalue weighted by Gasteiger charge is -2.22. The van der Waals surface area contributed by atoms with E-state index >= 15 is 0 Å². The molecule has 0 radical (unpaired) electrons. The van der Waals surface area contributed by atoms with Gasteiger partial charge in [-0.1, -0.05) is 41.7 Å². The summed E-state index contributed by atoms with van der Waals surface area (Å²) >= 11 is 1.21. The number of ether oxygens (including phenoxy) is 1. The number of fused-ring (bicyclic) bond motifs is 1. The summed E-state index contributed by atoms with van der Waals surface area (Å²) in [5.74, 6) is -1.12. The fraction of sp³-hybridized carbons (Fsp3) is 0.429. The van der Waals surface area contributed by atoms with E-state index in [2.05, 4.69) is 15.0 Å². The van der Waals surface area contributed by atoms with Crippen LogP contribution < -0.4 is 4.90 Å². The van der Waals surface area contributed by atoms with Crippen molar-refractivity contribution >= 4 is 32.6 Å². The third-order valence-electron chi connectivity index (χ3n) is 5.22. The largest absolute Gasteiger partial charge is 0.451 e. The fourth-order valence-corrected chi connectivity index (χ4v) is 4.82. The molecular formula is C21H21F3N4O2S. The molecule has 1 aliphatic heterocycles. The molecule has 1 aliphatic rings. The Morgan fingerprint density at radius 2 is 2.00 bits per heavy atom. The Bertz CT molecular complexity index is 1070. The van der Waals surface area contributed by atoms with Crippen molar-refractivity contribution in [3.8, 4) is 0 Å². The molecule has 0 saturated carbocycles. The molecule has 1 fully saturated rings. The minimum absolute atomic E-state index is 0.0169. The average Bonchev–Trinajstić information content (AvgIpc) is 3.39. The number of ketones is 1. The van der Waals surface area contributed by atoms with E-state index in [9.17, 15) is 18.0 Å². The highest BCUT2D eigenvalue weighted by Crippen LogP contribution is 2.36. The summed E-state index contributed by atoms with van der Waals surface area (Å²) in [6.45, 7) is 0.546. The summed E-state index contributed by atoms with van der Waals surface area (Å²) in [5.41, 5.74) is 1.23. The first kappa shape index (κ1) is 21.6. The molecule has 2 aromatic heterocycles. The number of anilines is 1. The second-order valence-corrected chi connectivity index (χ2v) is 8.35. The van der Waals surface area contributed by atoms with Crippen molar-refractivity contribution in [2.45, 2.75) is 44.5 Å². The standard InChI is InChI=1S/C21H21F3N4O2S/c1-30-12-14-17-18(26-19(25-14)21(22,23)24)27-20(31-17)28-11-5-8-15(28)16(29)10-9-13-6-3-2-4-7-13/h2-4,6-7,15H,5,8-12H2,1H3/t15-/m1/s1. The van der Waals surface area contributed by atoms with Gasteiger partial charge in [0.1, 0.15) is 0 Å². The highest BCUT2D eigenvalue weighted by atomic mass is 32.1. The molecule has 0 spiro atoms. The minimum Gasteiger partial charge on any atom is -0.378 e. The molecule has 0 amide bonds. The fourth-order valence-electron chi connectivity index (χ4n) is 3.76. The molecule has 4 rings (SSSR count). The molecule has 164 valence electrons. The van der Waals surface area contributed by atoms with Crippen LogP contribution in [0.1, 0.15) is 36.3 Å². The SMILES string of the molecule is COCc1nc(C(F)(F)F)nc2nc(N3CCC[C@@H]3C(=O)CCc3ccccc3)sc12. The number of benzene rings is 1. The van der Waals surface area contributed by atoms with Crippen LogP contribution in [0.25, 0.3) is 10.3 Å². The van der Waals surface area contributed by atoms with E-state index in [0.717, 1.165) is 12.0 Å². The van der Waals surface area contributed by atoms with Gasteiger partial charge in [-0.05, 0) is 24.8 Å². The molecule has 6 nitrogen and oxygen atoms in total. The number of aryl methyl sites for hydroxylation is 1. The number of thiazole rings is 1. The lowest BCUT2D eigenvalue weighted by atomic mass is 10.0. The summed E-state index contributed by atoms with van der Waals surface area (Å²) in [6, 6.07) is 9.46. The third-order valence-corrected chi connectivity index (χ3v) is 6.35. The Balaban J connectivity index is 1.59. The van der Waals surface area contributed by atoms with Crippen LogP contribution in [0.15, 0.2) is 30.3 Å². The Morgan fingerprint density at radius 3 is 2.71 bits per heavy atom. The highest BCUT2D eigenvalue weighted by molar-refractivity contribution is 7.22. The summed E-state index contributed by atoms with van der Waals surface area (Å²) < 4.78 is 45.0. The summed E-state index contributed by atoms with van der Waals surface area (Å²) in [7, 11) is 1.39. The maximum atomic E-state index is 13.2. The normalized spacial score (nSPS) is 16.9. The van der Waals surface area contributed by atoms with Crippen LogP contribution in [0.2, 0.25) is 0 Å². The van der Waals surface area contributed by atoms with Crippen LogP contribution in [0, 0.1) is 0 Å². The zero-order valence-corrected chi connectivity index (χ0v) is 17.7. The third kappa shape index (κ3) is 4.69. The van der Waals surface area contributed by atoms with Gasteiger partial charge in [0.25, 0.3) is 0 Å². The average molecular weight is 450 g/mol. The molecule has 3 aromatic rings. The molecule has 0 bridgehead atoms. The van der Waals surface area contributed by atoms with Gasteiger partial charge in [0, 0.05) is 20.1 Å². The van der Waals surface area contributed by atoms with Crippen molar-refractivity contribution in [2.75, 3.05) is 18.6 Å². The molecule has 3 heterocycles. The van der Waals surface area contributed by atoms with E-state index < -0.39 is 12.0 Å². The minimum atomic E-state index is -4.68. The van der Waals surface area contributed by atoms with Gasteiger partial charge in [0.05, 0.1) is 23.0 Å². The molecule has 0 N–H and O–H groups in total. The Labute approximate surface area is 181 Å². The van der Waals surface area contributed by atoms with E-state index in [1.807, 2.05) is 35.2 Å².